The number of nitrogens with one attached hydrogen (secondary N) is 1. The van der Waals surface area contributed by atoms with E-state index in [0.29, 0.717) is 13.0 Å². The quantitative estimate of drug-likeness (QED) is 0.852. The normalized spacial score (nSPS) is 29.4. The molecule has 1 heterocycles. The van der Waals surface area contributed by atoms with Crippen molar-refractivity contribution in [1.82, 2.24) is 10.2 Å². The topological polar surface area (TPSA) is 58.6 Å². The molecule has 0 aliphatic carbocycles. The summed E-state index contributed by atoms with van der Waals surface area (Å²) in [4.78, 5) is 27.0. The van der Waals surface area contributed by atoms with Crippen LogP contribution in [0, 0.1) is 5.41 Å². The lowest BCUT2D eigenvalue weighted by Gasteiger charge is -2.49. The van der Waals surface area contributed by atoms with Crippen LogP contribution >= 0.6 is 0 Å². The van der Waals surface area contributed by atoms with E-state index in [1.807, 2.05) is 41.5 Å². The van der Waals surface area contributed by atoms with E-state index in [-0.39, 0.29) is 23.3 Å². The summed E-state index contributed by atoms with van der Waals surface area (Å²) in [5.74, 6) is -0.104. The number of hydrogen-bond acceptors (Lipinski definition) is 3. The van der Waals surface area contributed by atoms with Crippen LogP contribution in [0.2, 0.25) is 0 Å². The fourth-order valence-corrected chi connectivity index (χ4v) is 2.43. The number of ether oxygens (including phenoxy) is 1. The van der Waals surface area contributed by atoms with Crippen LogP contribution in [-0.2, 0) is 14.3 Å². The monoisotopic (exact) mass is 284 g/mol. The molecule has 1 N–H and O–H groups in total. The second-order valence-electron chi connectivity index (χ2n) is 6.90. The van der Waals surface area contributed by atoms with Crippen molar-refractivity contribution in [3.05, 3.63) is 0 Å². The van der Waals surface area contributed by atoms with Crippen molar-refractivity contribution in [2.75, 3.05) is 13.7 Å². The first-order chi connectivity index (χ1) is 9.07. The van der Waals surface area contributed by atoms with Crippen molar-refractivity contribution < 1.29 is 14.3 Å². The molecule has 0 bridgehead atoms. The largest absolute Gasteiger partial charge is 0.380 e. The Morgan fingerprint density at radius 3 is 2.35 bits per heavy atom. The third-order valence-corrected chi connectivity index (χ3v) is 4.27. The van der Waals surface area contributed by atoms with Crippen LogP contribution < -0.4 is 5.32 Å². The minimum Gasteiger partial charge on any atom is -0.380 e. The third-order valence-electron chi connectivity index (χ3n) is 4.27. The van der Waals surface area contributed by atoms with Gasteiger partial charge in [-0.2, -0.15) is 0 Å². The fraction of sp³-hybridized carbons (Fsp3) is 0.867. The van der Waals surface area contributed by atoms with E-state index in [9.17, 15) is 9.59 Å². The number of amides is 2. The molecular formula is C15H28N2O3. The molecule has 0 spiro atoms. The van der Waals surface area contributed by atoms with Crippen LogP contribution in [-0.4, -0.2) is 48.1 Å². The predicted molar refractivity (Wildman–Crippen MR) is 78.3 cm³/mol. The van der Waals surface area contributed by atoms with E-state index < -0.39 is 11.6 Å². The Morgan fingerprint density at radius 1 is 1.40 bits per heavy atom. The zero-order valence-corrected chi connectivity index (χ0v) is 13.7. The molecule has 0 aromatic heterocycles. The molecule has 2 amide bonds. The van der Waals surface area contributed by atoms with Crippen molar-refractivity contribution in [3.63, 3.8) is 0 Å². The molecule has 3 atom stereocenters. The molecule has 0 aromatic rings. The Hall–Kier alpha value is -1.10. The van der Waals surface area contributed by atoms with Gasteiger partial charge in [0, 0.05) is 13.7 Å². The summed E-state index contributed by atoms with van der Waals surface area (Å²) in [7, 11) is 1.61. The second kappa shape index (κ2) is 5.72. The van der Waals surface area contributed by atoms with Crippen molar-refractivity contribution >= 4 is 11.8 Å². The molecule has 1 fully saturated rings. The number of methoxy groups -OCH3 is 1. The second-order valence-corrected chi connectivity index (χ2v) is 6.90. The lowest BCUT2D eigenvalue weighted by atomic mass is 9.80. The number of carbonyl (C=O) groups excluding carboxylic acids is 2. The molecule has 1 rings (SSSR count). The highest BCUT2D eigenvalue weighted by Gasteiger charge is 2.51. The van der Waals surface area contributed by atoms with Crippen molar-refractivity contribution in [2.24, 2.45) is 5.41 Å². The first-order valence-electron chi connectivity index (χ1n) is 7.23. The van der Waals surface area contributed by atoms with Crippen molar-refractivity contribution in [3.8, 4) is 0 Å². The Balaban J connectivity index is 3.15. The van der Waals surface area contributed by atoms with E-state index in [1.54, 1.807) is 12.0 Å². The van der Waals surface area contributed by atoms with Gasteiger partial charge in [0.05, 0.1) is 6.10 Å². The summed E-state index contributed by atoms with van der Waals surface area (Å²) in [6.07, 6.45) is 0.481. The van der Waals surface area contributed by atoms with Gasteiger partial charge in [0.2, 0.25) is 11.8 Å². The molecule has 0 saturated carbocycles. The molecule has 5 heteroatoms. The van der Waals surface area contributed by atoms with Crippen LogP contribution in [0.4, 0.5) is 0 Å². The number of hydrogen-bond donors (Lipinski definition) is 1. The number of nitrogens with zero attached hydrogens (tertiary/aromatic N) is 1. The molecule has 0 aromatic carbocycles. The Kier molecular flexibility index (Phi) is 4.85. The van der Waals surface area contributed by atoms with Crippen molar-refractivity contribution in [2.45, 2.75) is 65.6 Å². The lowest BCUT2D eigenvalue weighted by Crippen LogP contribution is -2.72. The minimum absolute atomic E-state index is 0.0228. The number of piperazine rings is 1. The summed E-state index contributed by atoms with van der Waals surface area (Å²) >= 11 is 0. The molecule has 1 aliphatic heterocycles. The lowest BCUT2D eigenvalue weighted by molar-refractivity contribution is -0.161. The minimum atomic E-state index is -0.800. The highest BCUT2D eigenvalue weighted by atomic mass is 16.5. The standard InChI is InChI=1S/C15H28N2O3/c1-8-15(6)13(19)16-11(14(3,4)5)12(18)17(15)9-10(2)20-7/h10-11H,8-9H2,1-7H3,(H,16,19). The van der Waals surface area contributed by atoms with Gasteiger partial charge < -0.3 is 15.0 Å². The predicted octanol–water partition coefficient (Wildman–Crippen LogP) is 1.56. The maximum atomic E-state index is 12.8. The summed E-state index contributed by atoms with van der Waals surface area (Å²) in [5, 5.41) is 2.90. The SMILES string of the molecule is CCC1(C)C(=O)NC(C(C)(C)C)C(=O)N1CC(C)OC. The number of rotatable bonds is 4. The van der Waals surface area contributed by atoms with Gasteiger partial charge in [0.25, 0.3) is 0 Å². The van der Waals surface area contributed by atoms with Gasteiger partial charge in [-0.3, -0.25) is 9.59 Å². The molecule has 3 unspecified atom stereocenters. The van der Waals surface area contributed by atoms with Crippen LogP contribution in [0.3, 0.4) is 0 Å². The molecule has 116 valence electrons. The Labute approximate surface area is 122 Å². The highest BCUT2D eigenvalue weighted by Crippen LogP contribution is 2.31. The zero-order valence-electron chi connectivity index (χ0n) is 13.7. The molecule has 5 nitrogen and oxygen atoms in total. The van der Waals surface area contributed by atoms with Crippen LogP contribution in [0.15, 0.2) is 0 Å². The van der Waals surface area contributed by atoms with Crippen LogP contribution in [0.5, 0.6) is 0 Å². The van der Waals surface area contributed by atoms with E-state index in [2.05, 4.69) is 5.32 Å². The van der Waals surface area contributed by atoms with Crippen LogP contribution in [0.25, 0.3) is 0 Å². The summed E-state index contributed by atoms with van der Waals surface area (Å²) in [5.41, 5.74) is -1.11. The van der Waals surface area contributed by atoms with Gasteiger partial charge in [-0.25, -0.2) is 0 Å². The Bertz CT molecular complexity index is 389. The van der Waals surface area contributed by atoms with E-state index in [0.717, 1.165) is 0 Å². The molecule has 20 heavy (non-hydrogen) atoms. The van der Waals surface area contributed by atoms with Gasteiger partial charge in [-0.15, -0.1) is 0 Å². The zero-order chi connectivity index (χ0) is 15.7. The maximum absolute atomic E-state index is 12.8. The Morgan fingerprint density at radius 2 is 1.95 bits per heavy atom. The maximum Gasteiger partial charge on any atom is 0.246 e. The fourth-order valence-electron chi connectivity index (χ4n) is 2.43. The van der Waals surface area contributed by atoms with Gasteiger partial charge in [-0.05, 0) is 25.7 Å². The van der Waals surface area contributed by atoms with Gasteiger partial charge in [0.15, 0.2) is 0 Å². The molecule has 1 saturated heterocycles. The number of carbonyl (C=O) groups is 2. The van der Waals surface area contributed by atoms with Crippen molar-refractivity contribution in [1.29, 1.82) is 0 Å². The first-order valence-corrected chi connectivity index (χ1v) is 7.23. The summed E-state index contributed by atoms with van der Waals surface area (Å²) in [6, 6.07) is -0.487. The molecule has 0 radical (unpaired) electrons. The average molecular weight is 284 g/mol. The highest BCUT2D eigenvalue weighted by molar-refractivity contribution is 6.00. The average Bonchev–Trinajstić information content (AvgIpc) is 2.37. The van der Waals surface area contributed by atoms with E-state index in [4.69, 9.17) is 4.74 Å². The summed E-state index contributed by atoms with van der Waals surface area (Å²) < 4.78 is 5.27. The van der Waals surface area contributed by atoms with Gasteiger partial charge in [0.1, 0.15) is 11.6 Å². The van der Waals surface area contributed by atoms with E-state index >= 15 is 0 Å². The van der Waals surface area contributed by atoms with E-state index in [1.165, 1.54) is 0 Å². The summed E-state index contributed by atoms with van der Waals surface area (Å²) in [6.45, 7) is 12.0. The van der Waals surface area contributed by atoms with Crippen LogP contribution in [0.1, 0.15) is 48.0 Å². The molecule has 1 aliphatic rings. The molecular weight excluding hydrogens is 256 g/mol. The third kappa shape index (κ3) is 2.97. The van der Waals surface area contributed by atoms with Gasteiger partial charge >= 0.3 is 0 Å². The first kappa shape index (κ1) is 17.0. The smallest absolute Gasteiger partial charge is 0.246 e. The van der Waals surface area contributed by atoms with Gasteiger partial charge in [-0.1, -0.05) is 27.7 Å².